The van der Waals surface area contributed by atoms with Gasteiger partial charge in [0.15, 0.2) is 0 Å². The Morgan fingerprint density at radius 1 is 1.39 bits per heavy atom. The summed E-state index contributed by atoms with van der Waals surface area (Å²) >= 11 is 6.19. The van der Waals surface area contributed by atoms with E-state index in [0.717, 1.165) is 41.5 Å². The molecule has 1 aliphatic heterocycles. The molecule has 23 heavy (non-hydrogen) atoms. The Bertz CT molecular complexity index is 834. The van der Waals surface area contributed by atoms with Crippen molar-refractivity contribution in [2.24, 2.45) is 0 Å². The first-order valence-corrected chi connectivity index (χ1v) is 8.15. The number of rotatable bonds is 3. The highest BCUT2D eigenvalue weighted by Crippen LogP contribution is 2.35. The zero-order valence-corrected chi connectivity index (χ0v) is 13.6. The minimum atomic E-state index is 0.0479. The summed E-state index contributed by atoms with van der Waals surface area (Å²) in [5.41, 5.74) is 3.11. The Balaban J connectivity index is 1.73. The van der Waals surface area contributed by atoms with E-state index in [0.29, 0.717) is 10.8 Å². The molecule has 4 rings (SSSR count). The maximum Gasteiger partial charge on any atom is 0.150 e. The molecular formula is C17H18ClN3O2. The molecule has 1 N–H and O–H groups in total. The molecule has 1 unspecified atom stereocenters. The smallest absolute Gasteiger partial charge is 0.150 e. The molecule has 1 aromatic carbocycles. The quantitative estimate of drug-likeness (QED) is 0.774. The normalized spacial score (nSPS) is 18.4. The Kier molecular flexibility index (Phi) is 3.75. The van der Waals surface area contributed by atoms with E-state index in [1.54, 1.807) is 7.11 Å². The van der Waals surface area contributed by atoms with Gasteiger partial charge in [-0.15, -0.1) is 0 Å². The van der Waals surface area contributed by atoms with E-state index in [-0.39, 0.29) is 6.23 Å². The monoisotopic (exact) mass is 331 g/mol. The van der Waals surface area contributed by atoms with Gasteiger partial charge in [0, 0.05) is 41.0 Å². The van der Waals surface area contributed by atoms with Crippen molar-refractivity contribution in [3.63, 3.8) is 0 Å². The predicted molar refractivity (Wildman–Crippen MR) is 89.9 cm³/mol. The second-order valence-corrected chi connectivity index (χ2v) is 6.17. The zero-order chi connectivity index (χ0) is 15.8. The van der Waals surface area contributed by atoms with Gasteiger partial charge in [-0.3, -0.25) is 0 Å². The van der Waals surface area contributed by atoms with Crippen LogP contribution in [-0.2, 0) is 4.74 Å². The van der Waals surface area contributed by atoms with Crippen LogP contribution >= 0.6 is 11.6 Å². The molecular weight excluding hydrogens is 314 g/mol. The Hall–Kier alpha value is -1.98. The van der Waals surface area contributed by atoms with E-state index in [1.807, 2.05) is 35.4 Å². The van der Waals surface area contributed by atoms with Crippen LogP contribution in [0, 0.1) is 0 Å². The van der Waals surface area contributed by atoms with Crippen molar-refractivity contribution in [2.45, 2.75) is 25.5 Å². The fourth-order valence-corrected chi connectivity index (χ4v) is 3.33. The van der Waals surface area contributed by atoms with Gasteiger partial charge in [0.25, 0.3) is 0 Å². The molecule has 1 saturated heterocycles. The van der Waals surface area contributed by atoms with Gasteiger partial charge in [0.2, 0.25) is 0 Å². The summed E-state index contributed by atoms with van der Waals surface area (Å²) in [5.74, 6) is 0.669. The molecule has 0 aliphatic carbocycles. The Morgan fingerprint density at radius 3 is 3.09 bits per heavy atom. The van der Waals surface area contributed by atoms with E-state index in [2.05, 4.69) is 10.1 Å². The van der Waals surface area contributed by atoms with Crippen LogP contribution in [0.15, 0.2) is 30.7 Å². The van der Waals surface area contributed by atoms with Crippen molar-refractivity contribution < 1.29 is 9.47 Å². The second-order valence-electron chi connectivity index (χ2n) is 5.76. The number of aromatic nitrogens is 3. The summed E-state index contributed by atoms with van der Waals surface area (Å²) in [5, 5.41) is 6.15. The highest BCUT2D eigenvalue weighted by Gasteiger charge is 2.18. The molecule has 1 atom stereocenters. The lowest BCUT2D eigenvalue weighted by atomic mass is 10.1. The van der Waals surface area contributed by atoms with Crippen molar-refractivity contribution >= 4 is 22.5 Å². The van der Waals surface area contributed by atoms with Crippen molar-refractivity contribution in [2.75, 3.05) is 13.7 Å². The standard InChI is InChI=1S/C17H18ClN3O2/c1-22-16-6-12-13(9-19-15(12)7-14(16)18)11-8-20-21(10-11)17-4-2-3-5-23-17/h6-10,17,19H,2-5H2,1H3. The van der Waals surface area contributed by atoms with Crippen LogP contribution in [0.4, 0.5) is 0 Å². The average molecular weight is 332 g/mol. The molecule has 0 saturated carbocycles. The van der Waals surface area contributed by atoms with Crippen LogP contribution in [0.25, 0.3) is 22.0 Å². The molecule has 0 radical (unpaired) electrons. The van der Waals surface area contributed by atoms with Crippen LogP contribution in [0.2, 0.25) is 5.02 Å². The fraction of sp³-hybridized carbons (Fsp3) is 0.353. The number of benzene rings is 1. The molecule has 3 aromatic rings. The maximum atomic E-state index is 6.19. The molecule has 1 fully saturated rings. The lowest BCUT2D eigenvalue weighted by Crippen LogP contribution is -2.18. The fourth-order valence-electron chi connectivity index (χ4n) is 3.09. The number of methoxy groups -OCH3 is 1. The van der Waals surface area contributed by atoms with E-state index < -0.39 is 0 Å². The summed E-state index contributed by atoms with van der Waals surface area (Å²) in [7, 11) is 1.62. The highest BCUT2D eigenvalue weighted by atomic mass is 35.5. The minimum Gasteiger partial charge on any atom is -0.495 e. The topological polar surface area (TPSA) is 52.1 Å². The van der Waals surface area contributed by atoms with Gasteiger partial charge in [-0.2, -0.15) is 5.10 Å². The van der Waals surface area contributed by atoms with Crippen molar-refractivity contribution in [1.82, 2.24) is 14.8 Å². The third-order valence-corrected chi connectivity index (χ3v) is 4.61. The second kappa shape index (κ2) is 5.91. The van der Waals surface area contributed by atoms with Gasteiger partial charge in [-0.1, -0.05) is 11.6 Å². The zero-order valence-electron chi connectivity index (χ0n) is 12.9. The van der Waals surface area contributed by atoms with Gasteiger partial charge >= 0.3 is 0 Å². The largest absolute Gasteiger partial charge is 0.495 e. The number of fused-ring (bicyclic) bond motifs is 1. The molecule has 0 bridgehead atoms. The Labute approximate surface area is 139 Å². The van der Waals surface area contributed by atoms with Gasteiger partial charge in [0.1, 0.15) is 12.0 Å². The number of aromatic amines is 1. The first kappa shape index (κ1) is 14.6. The maximum absolute atomic E-state index is 6.19. The van der Waals surface area contributed by atoms with Crippen LogP contribution in [0.3, 0.4) is 0 Å². The molecule has 5 nitrogen and oxygen atoms in total. The van der Waals surface area contributed by atoms with Crippen LogP contribution in [0.5, 0.6) is 5.75 Å². The van der Waals surface area contributed by atoms with E-state index in [4.69, 9.17) is 21.1 Å². The summed E-state index contributed by atoms with van der Waals surface area (Å²) < 4.78 is 13.0. The van der Waals surface area contributed by atoms with Crippen molar-refractivity contribution in [3.8, 4) is 16.9 Å². The SMILES string of the molecule is COc1cc2c(-c3cnn(C4CCCCO4)c3)c[nH]c2cc1Cl. The summed E-state index contributed by atoms with van der Waals surface area (Å²) in [6.07, 6.45) is 9.27. The lowest BCUT2D eigenvalue weighted by Gasteiger charge is -2.22. The van der Waals surface area contributed by atoms with E-state index >= 15 is 0 Å². The first-order chi connectivity index (χ1) is 11.3. The van der Waals surface area contributed by atoms with Crippen molar-refractivity contribution in [1.29, 1.82) is 0 Å². The van der Waals surface area contributed by atoms with E-state index in [9.17, 15) is 0 Å². The number of hydrogen-bond donors (Lipinski definition) is 1. The number of halogens is 1. The molecule has 0 amide bonds. The van der Waals surface area contributed by atoms with Gasteiger partial charge in [-0.05, 0) is 31.4 Å². The summed E-state index contributed by atoms with van der Waals surface area (Å²) in [6.45, 7) is 0.808. The van der Waals surface area contributed by atoms with Crippen LogP contribution in [0.1, 0.15) is 25.5 Å². The molecule has 0 spiro atoms. The number of nitrogens with zero attached hydrogens (tertiary/aromatic N) is 2. The number of H-pyrrole nitrogens is 1. The van der Waals surface area contributed by atoms with Gasteiger partial charge in [-0.25, -0.2) is 4.68 Å². The van der Waals surface area contributed by atoms with Crippen LogP contribution < -0.4 is 4.74 Å². The number of ether oxygens (including phenoxy) is 2. The third-order valence-electron chi connectivity index (χ3n) is 4.32. The number of nitrogens with one attached hydrogen (secondary N) is 1. The predicted octanol–water partition coefficient (Wildman–Crippen LogP) is 4.39. The lowest BCUT2D eigenvalue weighted by molar-refractivity contribution is -0.0394. The molecule has 1 aliphatic rings. The minimum absolute atomic E-state index is 0.0479. The summed E-state index contributed by atoms with van der Waals surface area (Å²) in [4.78, 5) is 3.26. The van der Waals surface area contributed by atoms with E-state index in [1.165, 1.54) is 6.42 Å². The Morgan fingerprint density at radius 2 is 2.30 bits per heavy atom. The highest BCUT2D eigenvalue weighted by molar-refractivity contribution is 6.33. The van der Waals surface area contributed by atoms with Crippen molar-refractivity contribution in [3.05, 3.63) is 35.7 Å². The van der Waals surface area contributed by atoms with Gasteiger partial charge < -0.3 is 14.5 Å². The third kappa shape index (κ3) is 2.60. The molecule has 6 heteroatoms. The molecule has 2 aromatic heterocycles. The van der Waals surface area contributed by atoms with Crippen LogP contribution in [-0.4, -0.2) is 28.5 Å². The number of hydrogen-bond acceptors (Lipinski definition) is 3. The average Bonchev–Trinajstić information content (AvgIpc) is 3.21. The van der Waals surface area contributed by atoms with Gasteiger partial charge in [0.05, 0.1) is 18.3 Å². The molecule has 120 valence electrons. The first-order valence-electron chi connectivity index (χ1n) is 7.77. The molecule has 3 heterocycles. The summed E-state index contributed by atoms with van der Waals surface area (Å²) in [6, 6.07) is 3.84.